The number of nitrogens with zero attached hydrogens (tertiary/aromatic N) is 2. The van der Waals surface area contributed by atoms with Crippen molar-refractivity contribution in [2.24, 2.45) is 0 Å². The molecule has 1 rings (SSSR count). The molecule has 1 heterocycles. The molecule has 0 saturated heterocycles. The lowest BCUT2D eigenvalue weighted by atomic mass is 10.2. The van der Waals surface area contributed by atoms with Crippen molar-refractivity contribution < 1.29 is 0 Å². The van der Waals surface area contributed by atoms with E-state index in [0.717, 1.165) is 5.56 Å². The Bertz CT molecular complexity index is 327. The zero-order valence-corrected chi connectivity index (χ0v) is 6.68. The SMILES string of the molecule is Cc1cc(C#N)c(Cl)nc1N. The lowest BCUT2D eigenvalue weighted by Crippen LogP contribution is -1.95. The topological polar surface area (TPSA) is 62.7 Å². The molecular weight excluding hydrogens is 162 g/mol. The van der Waals surface area contributed by atoms with Gasteiger partial charge in [-0.3, -0.25) is 0 Å². The van der Waals surface area contributed by atoms with E-state index in [1.165, 1.54) is 0 Å². The maximum Gasteiger partial charge on any atom is 0.149 e. The second-order valence-electron chi connectivity index (χ2n) is 2.14. The normalized spacial score (nSPS) is 9.18. The van der Waals surface area contributed by atoms with Gasteiger partial charge in [-0.25, -0.2) is 4.98 Å². The van der Waals surface area contributed by atoms with Gasteiger partial charge in [0.2, 0.25) is 0 Å². The number of hydrogen-bond donors (Lipinski definition) is 1. The van der Waals surface area contributed by atoms with Gasteiger partial charge in [-0.05, 0) is 18.6 Å². The number of nitrogen functional groups attached to an aromatic ring is 1. The predicted molar refractivity (Wildman–Crippen MR) is 43.1 cm³/mol. The summed E-state index contributed by atoms with van der Waals surface area (Å²) in [6, 6.07) is 3.53. The Morgan fingerprint density at radius 2 is 2.36 bits per heavy atom. The molecule has 56 valence electrons. The van der Waals surface area contributed by atoms with Gasteiger partial charge >= 0.3 is 0 Å². The van der Waals surface area contributed by atoms with E-state index >= 15 is 0 Å². The van der Waals surface area contributed by atoms with Crippen LogP contribution in [0.1, 0.15) is 11.1 Å². The molecule has 3 nitrogen and oxygen atoms in total. The van der Waals surface area contributed by atoms with Crippen LogP contribution in [0.25, 0.3) is 0 Å². The summed E-state index contributed by atoms with van der Waals surface area (Å²) >= 11 is 5.59. The quantitative estimate of drug-likeness (QED) is 0.596. The molecule has 0 saturated carbocycles. The molecule has 0 bridgehead atoms. The Kier molecular flexibility index (Phi) is 1.97. The molecule has 0 aromatic carbocycles. The maximum absolute atomic E-state index is 8.52. The summed E-state index contributed by atoms with van der Waals surface area (Å²) in [5.41, 5.74) is 6.57. The van der Waals surface area contributed by atoms with E-state index in [9.17, 15) is 0 Å². The van der Waals surface area contributed by atoms with Crippen molar-refractivity contribution in [3.8, 4) is 6.07 Å². The fourth-order valence-corrected chi connectivity index (χ4v) is 0.870. The molecule has 1 aromatic heterocycles. The summed E-state index contributed by atoms with van der Waals surface area (Å²) in [7, 11) is 0. The molecule has 0 aliphatic rings. The van der Waals surface area contributed by atoms with Crippen molar-refractivity contribution in [3.63, 3.8) is 0 Å². The van der Waals surface area contributed by atoms with Crippen molar-refractivity contribution in [2.75, 3.05) is 5.73 Å². The second kappa shape index (κ2) is 2.77. The molecule has 0 fully saturated rings. The summed E-state index contributed by atoms with van der Waals surface area (Å²) < 4.78 is 0. The lowest BCUT2D eigenvalue weighted by Gasteiger charge is -1.99. The van der Waals surface area contributed by atoms with Crippen LogP contribution in [0.4, 0.5) is 5.82 Å². The minimum absolute atomic E-state index is 0.163. The number of pyridine rings is 1. The summed E-state index contributed by atoms with van der Waals surface area (Å²) in [6.45, 7) is 1.78. The molecule has 1 aromatic rings. The maximum atomic E-state index is 8.52. The minimum Gasteiger partial charge on any atom is -0.383 e. The Labute approximate surface area is 69.4 Å². The van der Waals surface area contributed by atoms with Crippen LogP contribution < -0.4 is 5.73 Å². The molecule has 0 atom stereocenters. The van der Waals surface area contributed by atoms with Crippen LogP contribution >= 0.6 is 11.6 Å². The third-order valence-corrected chi connectivity index (χ3v) is 1.61. The summed E-state index contributed by atoms with van der Waals surface area (Å²) in [4.78, 5) is 3.76. The van der Waals surface area contributed by atoms with Gasteiger partial charge in [0.25, 0.3) is 0 Å². The number of hydrogen-bond acceptors (Lipinski definition) is 3. The number of rotatable bonds is 0. The van der Waals surface area contributed by atoms with Crippen LogP contribution in [0.3, 0.4) is 0 Å². The van der Waals surface area contributed by atoms with Gasteiger partial charge in [0.15, 0.2) is 0 Å². The van der Waals surface area contributed by atoms with Crippen LogP contribution in [0.15, 0.2) is 6.07 Å². The number of aromatic nitrogens is 1. The predicted octanol–water partition coefficient (Wildman–Crippen LogP) is 1.50. The fourth-order valence-electron chi connectivity index (χ4n) is 0.683. The van der Waals surface area contributed by atoms with E-state index < -0.39 is 0 Å². The molecule has 0 spiro atoms. The zero-order chi connectivity index (χ0) is 8.43. The van der Waals surface area contributed by atoms with Crippen molar-refractivity contribution in [1.29, 1.82) is 5.26 Å². The number of anilines is 1. The highest BCUT2D eigenvalue weighted by atomic mass is 35.5. The molecule has 0 radical (unpaired) electrons. The molecule has 0 aliphatic heterocycles. The first-order valence-electron chi connectivity index (χ1n) is 2.98. The van der Waals surface area contributed by atoms with E-state index in [1.807, 2.05) is 6.07 Å². The monoisotopic (exact) mass is 167 g/mol. The molecule has 11 heavy (non-hydrogen) atoms. The fraction of sp³-hybridized carbons (Fsp3) is 0.143. The highest BCUT2D eigenvalue weighted by Gasteiger charge is 2.03. The van der Waals surface area contributed by atoms with E-state index in [4.69, 9.17) is 22.6 Å². The van der Waals surface area contributed by atoms with E-state index in [-0.39, 0.29) is 5.15 Å². The zero-order valence-electron chi connectivity index (χ0n) is 5.93. The molecule has 4 heteroatoms. The average Bonchev–Trinajstić information content (AvgIpc) is 1.97. The Balaban J connectivity index is 3.35. The average molecular weight is 168 g/mol. The number of nitriles is 1. The Morgan fingerprint density at radius 3 is 2.91 bits per heavy atom. The Hall–Kier alpha value is -1.27. The Morgan fingerprint density at radius 1 is 1.73 bits per heavy atom. The molecule has 0 aliphatic carbocycles. The van der Waals surface area contributed by atoms with Crippen molar-refractivity contribution >= 4 is 17.4 Å². The first-order chi connectivity index (χ1) is 5.15. The highest BCUT2D eigenvalue weighted by Crippen LogP contribution is 2.17. The first-order valence-corrected chi connectivity index (χ1v) is 3.35. The van der Waals surface area contributed by atoms with Gasteiger partial charge in [-0.2, -0.15) is 5.26 Å². The molecular formula is C7H6ClN3. The van der Waals surface area contributed by atoms with E-state index in [1.54, 1.807) is 13.0 Å². The summed E-state index contributed by atoms with van der Waals surface area (Å²) in [5, 5.41) is 8.68. The highest BCUT2D eigenvalue weighted by molar-refractivity contribution is 6.30. The van der Waals surface area contributed by atoms with E-state index in [2.05, 4.69) is 4.98 Å². The summed E-state index contributed by atoms with van der Waals surface area (Å²) in [6.07, 6.45) is 0. The third-order valence-electron chi connectivity index (χ3n) is 1.33. The van der Waals surface area contributed by atoms with Gasteiger partial charge in [0.1, 0.15) is 17.0 Å². The number of halogens is 1. The van der Waals surface area contributed by atoms with Gasteiger partial charge < -0.3 is 5.73 Å². The van der Waals surface area contributed by atoms with Gasteiger partial charge in [-0.1, -0.05) is 11.6 Å². The third kappa shape index (κ3) is 1.41. The largest absolute Gasteiger partial charge is 0.383 e. The minimum atomic E-state index is 0.163. The first kappa shape index (κ1) is 7.83. The van der Waals surface area contributed by atoms with Crippen molar-refractivity contribution in [1.82, 2.24) is 4.98 Å². The van der Waals surface area contributed by atoms with Crippen molar-refractivity contribution in [3.05, 3.63) is 22.3 Å². The number of aryl methyl sites for hydroxylation is 1. The van der Waals surface area contributed by atoms with Gasteiger partial charge in [0.05, 0.1) is 5.56 Å². The number of nitrogens with two attached hydrogens (primary N) is 1. The van der Waals surface area contributed by atoms with Crippen LogP contribution in [-0.4, -0.2) is 4.98 Å². The second-order valence-corrected chi connectivity index (χ2v) is 2.50. The molecule has 2 N–H and O–H groups in total. The molecule has 0 amide bonds. The van der Waals surface area contributed by atoms with Gasteiger partial charge in [-0.15, -0.1) is 0 Å². The summed E-state index contributed by atoms with van der Waals surface area (Å²) in [5.74, 6) is 0.369. The standard InChI is InChI=1S/C7H6ClN3/c1-4-2-5(3-9)6(8)11-7(4)10/h2H,1H3,(H2,10,11). The molecule has 0 unspecified atom stereocenters. The lowest BCUT2D eigenvalue weighted by molar-refractivity contribution is 1.26. The van der Waals surface area contributed by atoms with Crippen LogP contribution in [-0.2, 0) is 0 Å². The van der Waals surface area contributed by atoms with Crippen molar-refractivity contribution in [2.45, 2.75) is 6.92 Å². The van der Waals surface area contributed by atoms with E-state index in [0.29, 0.717) is 11.4 Å². The van der Waals surface area contributed by atoms with Gasteiger partial charge in [0, 0.05) is 0 Å². The van der Waals surface area contributed by atoms with Crippen LogP contribution in [0.5, 0.6) is 0 Å². The smallest absolute Gasteiger partial charge is 0.149 e. The van der Waals surface area contributed by atoms with Crippen LogP contribution in [0.2, 0.25) is 5.15 Å². The van der Waals surface area contributed by atoms with Crippen LogP contribution in [0, 0.1) is 18.3 Å².